The first-order valence-corrected chi connectivity index (χ1v) is 6.98. The van der Waals surface area contributed by atoms with Gasteiger partial charge in [0.05, 0.1) is 0 Å². The van der Waals surface area contributed by atoms with Crippen LogP contribution in [0.4, 0.5) is 0 Å². The Morgan fingerprint density at radius 3 is 2.69 bits per heavy atom. The molecule has 0 bridgehead atoms. The molecule has 0 aromatic carbocycles. The van der Waals surface area contributed by atoms with Gasteiger partial charge >= 0.3 is 0 Å². The van der Waals surface area contributed by atoms with Gasteiger partial charge in [-0.25, -0.2) is 9.78 Å². The quantitative estimate of drug-likeness (QED) is 0.548. The molecule has 1 unspecified atom stereocenters. The second kappa shape index (κ2) is 4.56. The Morgan fingerprint density at radius 2 is 2.00 bits per heavy atom. The average Bonchev–Trinajstić information content (AvgIpc) is 2.37. The first kappa shape index (κ1) is 12.8. The Kier molecular flexibility index (Phi) is 3.65. The largest absolute Gasteiger partial charge is 0.350 e. The van der Waals surface area contributed by atoms with E-state index in [1.165, 1.54) is 6.42 Å². The molecule has 0 radical (unpaired) electrons. The highest BCUT2D eigenvalue weighted by Crippen LogP contribution is 2.46. The Bertz CT molecular complexity index is 257. The van der Waals surface area contributed by atoms with Gasteiger partial charge < -0.3 is 4.74 Å². The molecule has 1 aliphatic heterocycles. The highest BCUT2D eigenvalue weighted by atomic mass is 79.9. The van der Waals surface area contributed by atoms with Gasteiger partial charge in [-0.3, -0.25) is 0 Å². The van der Waals surface area contributed by atoms with Crippen LogP contribution in [-0.2, 0) is 14.5 Å². The number of halogens is 1. The van der Waals surface area contributed by atoms with Gasteiger partial charge in [0.1, 0.15) is 5.60 Å². The van der Waals surface area contributed by atoms with Crippen molar-refractivity contribution < 1.29 is 14.5 Å². The van der Waals surface area contributed by atoms with E-state index in [4.69, 9.17) is 14.5 Å². The molecule has 4 heteroatoms. The summed E-state index contributed by atoms with van der Waals surface area (Å²) in [4.78, 5) is 11.6. The number of methoxy groups -OCH3 is 1. The molecular weight excluding hydrogens is 272 g/mol. The third-order valence-corrected chi connectivity index (χ3v) is 5.42. The Hall–Kier alpha value is 0.360. The van der Waals surface area contributed by atoms with Crippen LogP contribution in [0.15, 0.2) is 0 Å². The number of alkyl halides is 1. The minimum atomic E-state index is -0.516. The molecule has 2 rings (SSSR count). The Labute approximate surface area is 106 Å². The van der Waals surface area contributed by atoms with Crippen molar-refractivity contribution in [3.05, 3.63) is 0 Å². The molecule has 3 atom stereocenters. The fourth-order valence-electron chi connectivity index (χ4n) is 2.66. The molecule has 0 spiro atoms. The Balaban J connectivity index is 2.21. The highest BCUT2D eigenvalue weighted by molar-refractivity contribution is 9.09. The maximum atomic E-state index is 5.68. The topological polar surface area (TPSA) is 27.7 Å². The fraction of sp³-hybridized carbons (Fsp3) is 1.00. The van der Waals surface area contributed by atoms with E-state index >= 15 is 0 Å². The maximum Gasteiger partial charge on any atom is 0.204 e. The summed E-state index contributed by atoms with van der Waals surface area (Å²) >= 11 is 3.71. The summed E-state index contributed by atoms with van der Waals surface area (Å²) in [5, 5.41) is 0. The normalized spacial score (nSPS) is 43.5. The minimum Gasteiger partial charge on any atom is -0.350 e. The van der Waals surface area contributed by atoms with Crippen molar-refractivity contribution in [2.75, 3.05) is 7.11 Å². The first-order chi connectivity index (χ1) is 7.50. The van der Waals surface area contributed by atoms with E-state index in [0.717, 1.165) is 25.7 Å². The summed E-state index contributed by atoms with van der Waals surface area (Å²) in [5.74, 6) is -0.0877. The smallest absolute Gasteiger partial charge is 0.204 e. The van der Waals surface area contributed by atoms with Gasteiger partial charge in [-0.15, -0.1) is 0 Å². The number of fused-ring (bicyclic) bond motifs is 1. The van der Waals surface area contributed by atoms with Crippen LogP contribution < -0.4 is 0 Å². The van der Waals surface area contributed by atoms with Gasteiger partial charge in [0, 0.05) is 24.3 Å². The molecule has 1 heterocycles. The van der Waals surface area contributed by atoms with E-state index in [1.807, 2.05) is 13.8 Å². The van der Waals surface area contributed by atoms with E-state index < -0.39 is 5.79 Å². The fourth-order valence-corrected chi connectivity index (χ4v) is 3.19. The first-order valence-electron chi connectivity index (χ1n) is 6.06. The standard InChI is InChI=1S/C12H21BrO3/c1-11(2)10(13)8-9-6-4-5-7-12(9,14-3)16-15-11/h9-10H,4-8H2,1-3H3/t9-,10?,12-/m0/s1. The van der Waals surface area contributed by atoms with E-state index in [1.54, 1.807) is 7.11 Å². The SMILES string of the molecule is CO[C@]12CCCC[C@H]1CC(Br)C(C)(C)OO2. The van der Waals surface area contributed by atoms with E-state index in [2.05, 4.69) is 15.9 Å². The predicted octanol–water partition coefficient (Wildman–Crippen LogP) is 3.41. The summed E-state index contributed by atoms with van der Waals surface area (Å²) in [5.41, 5.74) is -0.303. The lowest BCUT2D eigenvalue weighted by atomic mass is 9.79. The number of hydrogen-bond acceptors (Lipinski definition) is 3. The minimum absolute atomic E-state index is 0.303. The zero-order valence-corrected chi connectivity index (χ0v) is 11.9. The van der Waals surface area contributed by atoms with Crippen molar-refractivity contribution in [1.82, 2.24) is 0 Å². The zero-order chi connectivity index (χ0) is 11.8. The molecule has 0 amide bonds. The van der Waals surface area contributed by atoms with Crippen LogP contribution in [0.2, 0.25) is 0 Å². The number of ether oxygens (including phenoxy) is 1. The van der Waals surface area contributed by atoms with Crippen molar-refractivity contribution in [1.29, 1.82) is 0 Å². The van der Waals surface area contributed by atoms with Gasteiger partial charge in [-0.2, -0.15) is 0 Å². The lowest BCUT2D eigenvalue weighted by Gasteiger charge is -2.39. The molecule has 1 saturated heterocycles. The lowest BCUT2D eigenvalue weighted by Crippen LogP contribution is -2.44. The highest BCUT2D eigenvalue weighted by Gasteiger charge is 2.50. The average molecular weight is 293 g/mol. The molecule has 2 fully saturated rings. The van der Waals surface area contributed by atoms with E-state index in [0.29, 0.717) is 10.7 Å². The molecule has 2 aliphatic rings. The summed E-state index contributed by atoms with van der Waals surface area (Å²) in [6, 6.07) is 0. The van der Waals surface area contributed by atoms with Crippen LogP contribution in [0, 0.1) is 5.92 Å². The monoisotopic (exact) mass is 292 g/mol. The molecule has 3 nitrogen and oxygen atoms in total. The van der Waals surface area contributed by atoms with Crippen LogP contribution in [-0.4, -0.2) is 23.3 Å². The third-order valence-electron chi connectivity index (χ3n) is 3.94. The number of hydrogen-bond donors (Lipinski definition) is 0. The molecule has 0 aromatic heterocycles. The molecular formula is C12H21BrO3. The molecule has 16 heavy (non-hydrogen) atoms. The van der Waals surface area contributed by atoms with Gasteiger partial charge in [-0.1, -0.05) is 22.4 Å². The van der Waals surface area contributed by atoms with Crippen LogP contribution in [0.25, 0.3) is 0 Å². The molecule has 0 aromatic rings. The maximum absolute atomic E-state index is 5.68. The lowest BCUT2D eigenvalue weighted by molar-refractivity contribution is -0.464. The third kappa shape index (κ3) is 2.17. The molecule has 1 saturated carbocycles. The summed E-state index contributed by atoms with van der Waals surface area (Å²) in [6.45, 7) is 4.10. The van der Waals surface area contributed by atoms with Crippen LogP contribution in [0.1, 0.15) is 46.0 Å². The van der Waals surface area contributed by atoms with Gasteiger partial charge in [0.25, 0.3) is 0 Å². The van der Waals surface area contributed by atoms with Gasteiger partial charge in [-0.05, 0) is 33.1 Å². The molecule has 0 N–H and O–H groups in total. The second-order valence-corrected chi connectivity index (χ2v) is 6.54. The van der Waals surface area contributed by atoms with E-state index in [-0.39, 0.29) is 5.60 Å². The summed E-state index contributed by atoms with van der Waals surface area (Å²) in [7, 11) is 1.73. The van der Waals surface area contributed by atoms with Gasteiger partial charge in [0.2, 0.25) is 5.79 Å². The van der Waals surface area contributed by atoms with Crippen molar-refractivity contribution in [3.8, 4) is 0 Å². The molecule has 94 valence electrons. The van der Waals surface area contributed by atoms with E-state index in [9.17, 15) is 0 Å². The van der Waals surface area contributed by atoms with Gasteiger partial charge in [0.15, 0.2) is 0 Å². The second-order valence-electron chi connectivity index (χ2n) is 5.43. The van der Waals surface area contributed by atoms with Crippen molar-refractivity contribution >= 4 is 15.9 Å². The van der Waals surface area contributed by atoms with Crippen molar-refractivity contribution in [2.24, 2.45) is 5.92 Å². The summed E-state index contributed by atoms with van der Waals surface area (Å²) < 4.78 is 5.64. The molecule has 1 aliphatic carbocycles. The Morgan fingerprint density at radius 1 is 1.25 bits per heavy atom. The van der Waals surface area contributed by atoms with Crippen molar-refractivity contribution in [3.63, 3.8) is 0 Å². The summed E-state index contributed by atoms with van der Waals surface area (Å²) in [6.07, 6.45) is 5.56. The predicted molar refractivity (Wildman–Crippen MR) is 65.3 cm³/mol. The zero-order valence-electron chi connectivity index (χ0n) is 10.3. The van der Waals surface area contributed by atoms with Crippen LogP contribution in [0.5, 0.6) is 0 Å². The van der Waals surface area contributed by atoms with Crippen LogP contribution in [0.3, 0.4) is 0 Å². The van der Waals surface area contributed by atoms with Crippen molar-refractivity contribution in [2.45, 2.75) is 62.2 Å². The number of rotatable bonds is 1. The van der Waals surface area contributed by atoms with Crippen LogP contribution >= 0.6 is 15.9 Å².